The lowest BCUT2D eigenvalue weighted by molar-refractivity contribution is -0.129. The van der Waals surface area contributed by atoms with Gasteiger partial charge in [0, 0.05) is 36.6 Å². The maximum atomic E-state index is 12.3. The smallest absolute Gasteiger partial charge is 0.224 e. The summed E-state index contributed by atoms with van der Waals surface area (Å²) in [5.74, 6) is 0.706. The van der Waals surface area contributed by atoms with E-state index in [9.17, 15) is 4.79 Å². The number of hydrogen-bond acceptors (Lipinski definition) is 3. The molecule has 21 heavy (non-hydrogen) atoms. The summed E-state index contributed by atoms with van der Waals surface area (Å²) in [5, 5.41) is 3.78. The second kappa shape index (κ2) is 6.34. The van der Waals surface area contributed by atoms with E-state index in [1.165, 1.54) is 0 Å². The molecule has 114 valence electrons. The third-order valence-corrected chi connectivity index (χ3v) is 4.89. The molecule has 3 rings (SSSR count). The third-order valence-electron chi connectivity index (χ3n) is 4.52. The number of methoxy groups -OCH3 is 1. The summed E-state index contributed by atoms with van der Waals surface area (Å²) >= 11 is 6.10. The largest absolute Gasteiger partial charge is 0.384 e. The lowest BCUT2D eigenvalue weighted by atomic mass is 9.67. The minimum absolute atomic E-state index is 0.0135. The molecular weight excluding hydrogens is 290 g/mol. The molecule has 0 radical (unpaired) electrons. The number of hydrogen-bond donors (Lipinski definition) is 1. The van der Waals surface area contributed by atoms with E-state index in [0.29, 0.717) is 24.0 Å². The summed E-state index contributed by atoms with van der Waals surface area (Å²) in [6.45, 7) is 1.41. The van der Waals surface area contributed by atoms with Crippen molar-refractivity contribution in [2.24, 2.45) is 11.8 Å². The van der Waals surface area contributed by atoms with Crippen LogP contribution in [0.4, 0.5) is 0 Å². The van der Waals surface area contributed by atoms with Crippen LogP contribution in [-0.4, -0.2) is 38.4 Å². The van der Waals surface area contributed by atoms with E-state index in [1.54, 1.807) is 7.11 Å². The Hall–Kier alpha value is -1.10. The SMILES string of the molecule is COC[C@@H]1[C@H](NC(=O)Cc2ccccc2Cl)[C@H]2CCO[C@H]21. The first-order chi connectivity index (χ1) is 10.2. The van der Waals surface area contributed by atoms with Crippen LogP contribution in [0, 0.1) is 11.8 Å². The summed E-state index contributed by atoms with van der Waals surface area (Å²) in [4.78, 5) is 12.3. The molecule has 5 heteroatoms. The van der Waals surface area contributed by atoms with Crippen LogP contribution < -0.4 is 5.32 Å². The van der Waals surface area contributed by atoms with E-state index in [2.05, 4.69) is 5.32 Å². The Bertz CT molecular complexity index is 522. The topological polar surface area (TPSA) is 47.6 Å². The summed E-state index contributed by atoms with van der Waals surface area (Å²) < 4.78 is 11.0. The Morgan fingerprint density at radius 2 is 2.29 bits per heavy atom. The Morgan fingerprint density at radius 1 is 1.48 bits per heavy atom. The van der Waals surface area contributed by atoms with Crippen molar-refractivity contribution in [1.29, 1.82) is 0 Å². The Morgan fingerprint density at radius 3 is 3.05 bits per heavy atom. The molecule has 4 atom stereocenters. The van der Waals surface area contributed by atoms with Crippen molar-refractivity contribution in [2.45, 2.75) is 25.0 Å². The van der Waals surface area contributed by atoms with Crippen LogP contribution in [0.15, 0.2) is 24.3 Å². The zero-order valence-corrected chi connectivity index (χ0v) is 12.8. The van der Waals surface area contributed by atoms with Crippen LogP contribution in [-0.2, 0) is 20.7 Å². The Labute approximate surface area is 129 Å². The minimum Gasteiger partial charge on any atom is -0.384 e. The molecule has 4 nitrogen and oxygen atoms in total. The average molecular weight is 310 g/mol. The molecule has 1 aromatic carbocycles. The molecule has 1 amide bonds. The van der Waals surface area contributed by atoms with E-state index in [-0.39, 0.29) is 24.0 Å². The van der Waals surface area contributed by atoms with Crippen molar-refractivity contribution in [3.8, 4) is 0 Å². The van der Waals surface area contributed by atoms with Gasteiger partial charge in [0.15, 0.2) is 0 Å². The van der Waals surface area contributed by atoms with Gasteiger partial charge in [0.25, 0.3) is 0 Å². The van der Waals surface area contributed by atoms with Crippen molar-refractivity contribution in [3.63, 3.8) is 0 Å². The fourth-order valence-electron chi connectivity index (χ4n) is 3.49. The molecule has 1 aliphatic heterocycles. The number of nitrogens with one attached hydrogen (secondary N) is 1. The molecule has 0 spiro atoms. The molecule has 0 bridgehead atoms. The normalized spacial score (nSPS) is 30.6. The summed E-state index contributed by atoms with van der Waals surface area (Å²) in [6.07, 6.45) is 1.58. The van der Waals surface area contributed by atoms with Crippen LogP contribution in [0.5, 0.6) is 0 Å². The molecule has 1 saturated heterocycles. The van der Waals surface area contributed by atoms with E-state index >= 15 is 0 Å². The lowest BCUT2D eigenvalue weighted by Crippen LogP contribution is -2.62. The first-order valence-electron chi connectivity index (χ1n) is 7.34. The van der Waals surface area contributed by atoms with E-state index in [4.69, 9.17) is 21.1 Å². The highest BCUT2D eigenvalue weighted by molar-refractivity contribution is 6.31. The van der Waals surface area contributed by atoms with E-state index < -0.39 is 0 Å². The zero-order chi connectivity index (χ0) is 14.8. The zero-order valence-electron chi connectivity index (χ0n) is 12.0. The monoisotopic (exact) mass is 309 g/mol. The van der Waals surface area contributed by atoms with Crippen LogP contribution in [0.25, 0.3) is 0 Å². The minimum atomic E-state index is 0.0135. The van der Waals surface area contributed by atoms with Gasteiger partial charge in [-0.25, -0.2) is 0 Å². The highest BCUT2D eigenvalue weighted by atomic mass is 35.5. The van der Waals surface area contributed by atoms with Crippen LogP contribution >= 0.6 is 11.6 Å². The molecule has 1 aromatic rings. The molecule has 0 unspecified atom stereocenters. The number of carbonyl (C=O) groups excluding carboxylic acids is 1. The third kappa shape index (κ3) is 2.93. The first kappa shape index (κ1) is 14.8. The molecule has 1 aliphatic carbocycles. The van der Waals surface area contributed by atoms with Gasteiger partial charge in [-0.3, -0.25) is 4.79 Å². The first-order valence-corrected chi connectivity index (χ1v) is 7.72. The number of rotatable bonds is 5. The van der Waals surface area contributed by atoms with Gasteiger partial charge < -0.3 is 14.8 Å². The molecule has 1 heterocycles. The standard InChI is InChI=1S/C16H20ClNO3/c1-20-9-12-15(11-6-7-21-16(11)12)18-14(19)8-10-4-2-3-5-13(10)17/h2-5,11-12,15-16H,6-9H2,1H3,(H,18,19)/t11-,12-,15-,16-/m1/s1. The van der Waals surface area contributed by atoms with Crippen molar-refractivity contribution in [1.82, 2.24) is 5.32 Å². The summed E-state index contributed by atoms with van der Waals surface area (Å²) in [6, 6.07) is 7.61. The fraction of sp³-hybridized carbons (Fsp3) is 0.562. The quantitative estimate of drug-likeness (QED) is 0.905. The highest BCUT2D eigenvalue weighted by Gasteiger charge is 2.54. The molecular formula is C16H20ClNO3. The fourth-order valence-corrected chi connectivity index (χ4v) is 3.69. The number of ether oxygens (including phenoxy) is 2. The lowest BCUT2D eigenvalue weighted by Gasteiger charge is -2.47. The predicted molar refractivity (Wildman–Crippen MR) is 80.3 cm³/mol. The van der Waals surface area contributed by atoms with Gasteiger partial charge in [0.05, 0.1) is 19.1 Å². The van der Waals surface area contributed by atoms with Crippen molar-refractivity contribution in [2.75, 3.05) is 20.3 Å². The van der Waals surface area contributed by atoms with Gasteiger partial charge in [0.1, 0.15) is 0 Å². The number of fused-ring (bicyclic) bond motifs is 1. The van der Waals surface area contributed by atoms with Gasteiger partial charge in [-0.1, -0.05) is 29.8 Å². The van der Waals surface area contributed by atoms with Gasteiger partial charge in [-0.05, 0) is 18.1 Å². The number of halogens is 1. The number of amides is 1. The van der Waals surface area contributed by atoms with E-state index in [1.807, 2.05) is 24.3 Å². The maximum Gasteiger partial charge on any atom is 0.224 e. The maximum absolute atomic E-state index is 12.3. The molecule has 1 N–H and O–H groups in total. The Kier molecular flexibility index (Phi) is 4.48. The summed E-state index contributed by atoms with van der Waals surface area (Å²) in [5.41, 5.74) is 0.860. The van der Waals surface area contributed by atoms with Crippen molar-refractivity contribution < 1.29 is 14.3 Å². The second-order valence-corrected chi connectivity index (χ2v) is 6.18. The molecule has 2 fully saturated rings. The van der Waals surface area contributed by atoms with Crippen molar-refractivity contribution >= 4 is 17.5 Å². The second-order valence-electron chi connectivity index (χ2n) is 5.77. The van der Waals surface area contributed by atoms with Gasteiger partial charge in [-0.15, -0.1) is 0 Å². The Balaban J connectivity index is 1.60. The highest BCUT2D eigenvalue weighted by Crippen LogP contribution is 2.43. The van der Waals surface area contributed by atoms with Crippen LogP contribution in [0.1, 0.15) is 12.0 Å². The number of benzene rings is 1. The molecule has 2 aliphatic rings. The van der Waals surface area contributed by atoms with Gasteiger partial charge in [0.2, 0.25) is 5.91 Å². The van der Waals surface area contributed by atoms with Crippen LogP contribution in [0.2, 0.25) is 5.02 Å². The van der Waals surface area contributed by atoms with Crippen molar-refractivity contribution in [3.05, 3.63) is 34.9 Å². The molecule has 1 saturated carbocycles. The van der Waals surface area contributed by atoms with Gasteiger partial charge >= 0.3 is 0 Å². The predicted octanol–water partition coefficient (Wildman–Crippen LogP) is 2.05. The van der Waals surface area contributed by atoms with E-state index in [0.717, 1.165) is 18.6 Å². The molecule has 0 aromatic heterocycles. The summed E-state index contributed by atoms with van der Waals surface area (Å²) in [7, 11) is 1.69. The van der Waals surface area contributed by atoms with Gasteiger partial charge in [-0.2, -0.15) is 0 Å². The number of carbonyl (C=O) groups is 1. The average Bonchev–Trinajstić information content (AvgIpc) is 2.89. The van der Waals surface area contributed by atoms with Crippen LogP contribution in [0.3, 0.4) is 0 Å².